The number of amides is 2. The fraction of sp³-hybridized carbons (Fsp3) is 0.556. The van der Waals surface area contributed by atoms with Crippen LogP contribution >= 0.6 is 0 Å². The first kappa shape index (κ1) is 8.97. The Morgan fingerprint density at radius 1 is 0.833 bits per heavy atom. The average Bonchev–Trinajstić information content (AvgIpc) is 2.63. The van der Waals surface area contributed by atoms with E-state index in [1.807, 2.05) is 5.32 Å². The van der Waals surface area contributed by atoms with E-state index in [1.165, 1.54) is 44.3 Å². The summed E-state index contributed by atoms with van der Waals surface area (Å²) in [6, 6.07) is 0. The number of carbonyl (C=O) groups is 2. The van der Waals surface area contributed by atoms with E-state index in [0.29, 0.717) is 0 Å². The molecule has 66 valence electrons. The first-order valence-corrected chi connectivity index (χ1v) is 4.32. The zero-order valence-electron chi connectivity index (χ0n) is 7.01. The van der Waals surface area contributed by atoms with Gasteiger partial charge in [-0.15, -0.1) is 0 Å². The summed E-state index contributed by atoms with van der Waals surface area (Å²) in [5.41, 5.74) is 0. The van der Waals surface area contributed by atoms with E-state index in [0.717, 1.165) is 0 Å². The predicted octanol–water partition coefficient (Wildman–Crippen LogP) is 1.15. The zero-order chi connectivity index (χ0) is 8.81. The molecule has 0 saturated heterocycles. The van der Waals surface area contributed by atoms with Crippen molar-refractivity contribution in [2.75, 3.05) is 0 Å². The first-order valence-electron chi connectivity index (χ1n) is 4.32. The number of rotatable bonds is 0. The molecule has 0 bridgehead atoms. The Bertz CT molecular complexity index is 181. The molecule has 0 atom stereocenters. The fourth-order valence-electron chi connectivity index (χ4n) is 1.24. The SMILES string of the molecule is C1CCCC1.O=C1C=CC(=O)N1. The van der Waals surface area contributed by atoms with Crippen LogP contribution in [-0.4, -0.2) is 11.8 Å². The van der Waals surface area contributed by atoms with Crippen LogP contribution in [0, 0.1) is 0 Å². The normalized spacial score (nSPS) is 20.3. The summed E-state index contributed by atoms with van der Waals surface area (Å²) in [5, 5.41) is 2.03. The molecule has 0 unspecified atom stereocenters. The van der Waals surface area contributed by atoms with Gasteiger partial charge in [-0.05, 0) is 0 Å². The van der Waals surface area contributed by atoms with Gasteiger partial charge in [-0.3, -0.25) is 14.9 Å². The van der Waals surface area contributed by atoms with E-state index < -0.39 is 0 Å². The molecule has 3 nitrogen and oxygen atoms in total. The maximum absolute atomic E-state index is 10.0. The van der Waals surface area contributed by atoms with Crippen molar-refractivity contribution in [3.8, 4) is 0 Å². The summed E-state index contributed by atoms with van der Waals surface area (Å²) in [5.74, 6) is -0.657. The second-order valence-corrected chi connectivity index (χ2v) is 2.95. The fourth-order valence-corrected chi connectivity index (χ4v) is 1.24. The van der Waals surface area contributed by atoms with Crippen LogP contribution in [0.1, 0.15) is 32.1 Å². The van der Waals surface area contributed by atoms with Crippen molar-refractivity contribution in [3.63, 3.8) is 0 Å². The van der Waals surface area contributed by atoms with Crippen molar-refractivity contribution in [1.29, 1.82) is 0 Å². The number of imide groups is 1. The Labute approximate surface area is 71.8 Å². The molecule has 0 aromatic carbocycles. The minimum atomic E-state index is -0.329. The Balaban J connectivity index is 0.000000127. The molecule has 3 heteroatoms. The highest BCUT2D eigenvalue weighted by molar-refractivity contribution is 6.12. The number of hydrogen-bond donors (Lipinski definition) is 1. The van der Waals surface area contributed by atoms with Crippen molar-refractivity contribution >= 4 is 11.8 Å². The van der Waals surface area contributed by atoms with Crippen LogP contribution in [0.4, 0.5) is 0 Å². The van der Waals surface area contributed by atoms with Gasteiger partial charge < -0.3 is 0 Å². The summed E-state index contributed by atoms with van der Waals surface area (Å²) >= 11 is 0. The highest BCUT2D eigenvalue weighted by Crippen LogP contribution is 2.15. The van der Waals surface area contributed by atoms with Crippen molar-refractivity contribution < 1.29 is 9.59 Å². The standard InChI is InChI=1S/C5H10.C4H3NO2/c1-2-4-5-3-1;6-3-1-2-4(7)5-3/h1-5H2;1-2H,(H,5,6,7). The Morgan fingerprint density at radius 3 is 1.33 bits per heavy atom. The quantitative estimate of drug-likeness (QED) is 0.550. The molecule has 2 aliphatic rings. The van der Waals surface area contributed by atoms with Crippen LogP contribution in [0.2, 0.25) is 0 Å². The van der Waals surface area contributed by atoms with E-state index in [2.05, 4.69) is 0 Å². The monoisotopic (exact) mass is 167 g/mol. The predicted molar refractivity (Wildman–Crippen MR) is 45.4 cm³/mol. The zero-order valence-corrected chi connectivity index (χ0v) is 7.01. The molecule has 0 aromatic heterocycles. The van der Waals surface area contributed by atoms with Gasteiger partial charge in [-0.1, -0.05) is 32.1 Å². The summed E-state index contributed by atoms with van der Waals surface area (Å²) in [6.07, 6.45) is 9.89. The van der Waals surface area contributed by atoms with Crippen molar-refractivity contribution in [3.05, 3.63) is 12.2 Å². The average molecular weight is 167 g/mol. The third-order valence-corrected chi connectivity index (χ3v) is 1.88. The van der Waals surface area contributed by atoms with Crippen LogP contribution in [-0.2, 0) is 9.59 Å². The number of hydrogen-bond acceptors (Lipinski definition) is 2. The summed E-state index contributed by atoms with van der Waals surface area (Å²) in [6.45, 7) is 0. The van der Waals surface area contributed by atoms with E-state index in [4.69, 9.17) is 0 Å². The van der Waals surface area contributed by atoms with Crippen LogP contribution in [0.3, 0.4) is 0 Å². The van der Waals surface area contributed by atoms with Gasteiger partial charge >= 0.3 is 0 Å². The molecule has 0 radical (unpaired) electrons. The van der Waals surface area contributed by atoms with Gasteiger partial charge in [0, 0.05) is 12.2 Å². The summed E-state index contributed by atoms with van der Waals surface area (Å²) in [7, 11) is 0. The van der Waals surface area contributed by atoms with Crippen LogP contribution in [0.5, 0.6) is 0 Å². The molecule has 12 heavy (non-hydrogen) atoms. The summed E-state index contributed by atoms with van der Waals surface area (Å²) in [4.78, 5) is 20.1. The second-order valence-electron chi connectivity index (χ2n) is 2.95. The van der Waals surface area contributed by atoms with Gasteiger partial charge in [-0.2, -0.15) is 0 Å². The van der Waals surface area contributed by atoms with Gasteiger partial charge in [0.2, 0.25) is 0 Å². The van der Waals surface area contributed by atoms with Gasteiger partial charge in [0.1, 0.15) is 0 Å². The van der Waals surface area contributed by atoms with E-state index in [1.54, 1.807) is 0 Å². The first-order chi connectivity index (χ1) is 5.79. The smallest absolute Gasteiger partial charge is 0.250 e. The van der Waals surface area contributed by atoms with E-state index in [9.17, 15) is 9.59 Å². The minimum absolute atomic E-state index is 0.329. The Morgan fingerprint density at radius 2 is 1.17 bits per heavy atom. The Kier molecular flexibility index (Phi) is 3.51. The molecule has 1 heterocycles. The lowest BCUT2D eigenvalue weighted by atomic mass is 10.4. The topological polar surface area (TPSA) is 46.2 Å². The third-order valence-electron chi connectivity index (χ3n) is 1.88. The third kappa shape index (κ3) is 3.32. The van der Waals surface area contributed by atoms with Crippen LogP contribution < -0.4 is 5.32 Å². The molecule has 2 amide bonds. The highest BCUT2D eigenvalue weighted by atomic mass is 16.2. The molecule has 1 aliphatic heterocycles. The molecule has 1 N–H and O–H groups in total. The van der Waals surface area contributed by atoms with Crippen molar-refractivity contribution in [1.82, 2.24) is 5.32 Å². The lowest BCUT2D eigenvalue weighted by molar-refractivity contribution is -0.123. The van der Waals surface area contributed by atoms with Crippen LogP contribution in [0.15, 0.2) is 12.2 Å². The van der Waals surface area contributed by atoms with Crippen molar-refractivity contribution in [2.45, 2.75) is 32.1 Å². The highest BCUT2D eigenvalue weighted by Gasteiger charge is 2.06. The molecule has 1 fully saturated rings. The maximum atomic E-state index is 10.0. The van der Waals surface area contributed by atoms with Gasteiger partial charge in [0.25, 0.3) is 11.8 Å². The lowest BCUT2D eigenvalue weighted by Gasteiger charge is -1.80. The number of carbonyl (C=O) groups excluding carboxylic acids is 2. The second kappa shape index (κ2) is 4.70. The molecule has 2 rings (SSSR count). The minimum Gasteiger partial charge on any atom is -0.289 e. The maximum Gasteiger partial charge on any atom is 0.250 e. The molecule has 0 aromatic rings. The van der Waals surface area contributed by atoms with Gasteiger partial charge in [0.05, 0.1) is 0 Å². The van der Waals surface area contributed by atoms with Gasteiger partial charge in [0.15, 0.2) is 0 Å². The largest absolute Gasteiger partial charge is 0.289 e. The van der Waals surface area contributed by atoms with E-state index >= 15 is 0 Å². The molecule has 0 spiro atoms. The molecule has 1 saturated carbocycles. The number of nitrogens with one attached hydrogen (secondary N) is 1. The Hall–Kier alpha value is -1.12. The van der Waals surface area contributed by atoms with Gasteiger partial charge in [-0.25, -0.2) is 0 Å². The molecule has 1 aliphatic carbocycles. The molecular weight excluding hydrogens is 154 g/mol. The van der Waals surface area contributed by atoms with E-state index in [-0.39, 0.29) is 11.8 Å². The summed E-state index contributed by atoms with van der Waals surface area (Å²) < 4.78 is 0. The molecular formula is C9H13NO2. The van der Waals surface area contributed by atoms with Crippen molar-refractivity contribution in [2.24, 2.45) is 0 Å². The van der Waals surface area contributed by atoms with Crippen LogP contribution in [0.25, 0.3) is 0 Å². The lowest BCUT2D eigenvalue weighted by Crippen LogP contribution is -2.19.